The van der Waals surface area contributed by atoms with Crippen molar-refractivity contribution in [3.8, 4) is 0 Å². The van der Waals surface area contributed by atoms with Crippen molar-refractivity contribution < 1.29 is 13.2 Å². The van der Waals surface area contributed by atoms with Gasteiger partial charge in [0.1, 0.15) is 0 Å². The number of rotatable bonds is 8. The van der Waals surface area contributed by atoms with Gasteiger partial charge in [-0.1, -0.05) is 6.92 Å². The zero-order valence-corrected chi connectivity index (χ0v) is 10.9. The van der Waals surface area contributed by atoms with Crippen molar-refractivity contribution in [2.24, 2.45) is 0 Å². The first-order valence-electron chi connectivity index (χ1n) is 5.39. The molecule has 0 amide bonds. The van der Waals surface area contributed by atoms with E-state index in [0.29, 0.717) is 26.1 Å². The van der Waals surface area contributed by atoms with Crippen LogP contribution in [0.25, 0.3) is 0 Å². The minimum atomic E-state index is -2.98. The molecule has 0 aromatic heterocycles. The van der Waals surface area contributed by atoms with Gasteiger partial charge in [-0.15, -0.1) is 0 Å². The minimum Gasteiger partial charge on any atom is -0.383 e. The maximum absolute atomic E-state index is 11.9. The summed E-state index contributed by atoms with van der Waals surface area (Å²) in [5, 5.41) is 2.48. The van der Waals surface area contributed by atoms with Crippen molar-refractivity contribution in [2.45, 2.75) is 37.7 Å². The molecular formula is C10H23NO3S. The monoisotopic (exact) mass is 237 g/mol. The molecule has 0 aliphatic carbocycles. The molecule has 0 saturated carbocycles. The van der Waals surface area contributed by atoms with Crippen molar-refractivity contribution in [3.63, 3.8) is 0 Å². The molecule has 2 unspecified atom stereocenters. The van der Waals surface area contributed by atoms with Gasteiger partial charge in [0.05, 0.1) is 17.1 Å². The molecule has 0 aromatic carbocycles. The Kier molecular flexibility index (Phi) is 7.13. The third-order valence-corrected chi connectivity index (χ3v) is 5.35. The van der Waals surface area contributed by atoms with Gasteiger partial charge in [-0.2, -0.15) is 0 Å². The Bertz CT molecular complexity index is 251. The summed E-state index contributed by atoms with van der Waals surface area (Å²) in [5.41, 5.74) is 0. The van der Waals surface area contributed by atoms with Gasteiger partial charge in [0.2, 0.25) is 0 Å². The summed E-state index contributed by atoms with van der Waals surface area (Å²) in [6.45, 7) is 7.21. The summed E-state index contributed by atoms with van der Waals surface area (Å²) in [7, 11) is -1.35. The standard InChI is InChI=1S/C10H23NO3S/c1-5-9(2)15(12,13)10(3)8-11-6-7-14-4/h9-11H,5-8H2,1-4H3. The van der Waals surface area contributed by atoms with E-state index in [0.717, 1.165) is 0 Å². The fraction of sp³-hybridized carbons (Fsp3) is 1.00. The largest absolute Gasteiger partial charge is 0.383 e. The number of hydrogen-bond acceptors (Lipinski definition) is 4. The van der Waals surface area contributed by atoms with E-state index >= 15 is 0 Å². The maximum Gasteiger partial charge on any atom is 0.156 e. The number of nitrogens with one attached hydrogen (secondary N) is 1. The van der Waals surface area contributed by atoms with Gasteiger partial charge >= 0.3 is 0 Å². The number of methoxy groups -OCH3 is 1. The topological polar surface area (TPSA) is 55.4 Å². The van der Waals surface area contributed by atoms with Crippen LogP contribution >= 0.6 is 0 Å². The lowest BCUT2D eigenvalue weighted by Crippen LogP contribution is -2.37. The molecule has 5 heteroatoms. The molecule has 92 valence electrons. The number of hydrogen-bond donors (Lipinski definition) is 1. The van der Waals surface area contributed by atoms with Crippen LogP contribution in [0.1, 0.15) is 27.2 Å². The molecule has 0 heterocycles. The molecule has 0 aliphatic rings. The highest BCUT2D eigenvalue weighted by Crippen LogP contribution is 2.11. The number of ether oxygens (including phenoxy) is 1. The molecule has 0 rings (SSSR count). The average molecular weight is 237 g/mol. The van der Waals surface area contributed by atoms with Gasteiger partial charge in [-0.25, -0.2) is 8.42 Å². The van der Waals surface area contributed by atoms with Crippen LogP contribution in [0.2, 0.25) is 0 Å². The Hall–Kier alpha value is -0.130. The summed E-state index contributed by atoms with van der Waals surface area (Å²) in [6, 6.07) is 0. The fourth-order valence-electron chi connectivity index (χ4n) is 1.22. The lowest BCUT2D eigenvalue weighted by Gasteiger charge is -2.17. The Balaban J connectivity index is 4.03. The third kappa shape index (κ3) is 4.95. The Labute approximate surface area is 93.3 Å². The van der Waals surface area contributed by atoms with E-state index in [-0.39, 0.29) is 10.5 Å². The molecule has 0 spiro atoms. The van der Waals surface area contributed by atoms with E-state index in [1.54, 1.807) is 21.0 Å². The van der Waals surface area contributed by atoms with Crippen molar-refractivity contribution >= 4 is 9.84 Å². The van der Waals surface area contributed by atoms with Crippen LogP contribution in [0.3, 0.4) is 0 Å². The van der Waals surface area contributed by atoms with Crippen molar-refractivity contribution in [1.29, 1.82) is 0 Å². The first kappa shape index (κ1) is 14.9. The maximum atomic E-state index is 11.9. The van der Waals surface area contributed by atoms with Crippen LogP contribution in [-0.2, 0) is 14.6 Å². The van der Waals surface area contributed by atoms with E-state index < -0.39 is 9.84 Å². The van der Waals surface area contributed by atoms with Crippen LogP contribution in [0.5, 0.6) is 0 Å². The van der Waals surface area contributed by atoms with Crippen LogP contribution in [0.4, 0.5) is 0 Å². The van der Waals surface area contributed by atoms with E-state index in [9.17, 15) is 8.42 Å². The minimum absolute atomic E-state index is 0.253. The second kappa shape index (κ2) is 7.19. The molecule has 15 heavy (non-hydrogen) atoms. The molecule has 0 aromatic rings. The van der Waals surface area contributed by atoms with Crippen LogP contribution in [0, 0.1) is 0 Å². The zero-order valence-electron chi connectivity index (χ0n) is 10.1. The highest BCUT2D eigenvalue weighted by Gasteiger charge is 2.25. The summed E-state index contributed by atoms with van der Waals surface area (Å²) >= 11 is 0. The first-order chi connectivity index (χ1) is 6.96. The number of sulfone groups is 1. The van der Waals surface area contributed by atoms with E-state index in [1.807, 2.05) is 6.92 Å². The van der Waals surface area contributed by atoms with Crippen LogP contribution < -0.4 is 5.32 Å². The second-order valence-corrected chi connectivity index (χ2v) is 6.60. The van der Waals surface area contributed by atoms with Crippen molar-refractivity contribution in [3.05, 3.63) is 0 Å². The van der Waals surface area contributed by atoms with Gasteiger partial charge in [0.25, 0.3) is 0 Å². The quantitative estimate of drug-likeness (QED) is 0.635. The van der Waals surface area contributed by atoms with E-state index in [4.69, 9.17) is 4.74 Å². The van der Waals surface area contributed by atoms with Crippen molar-refractivity contribution in [2.75, 3.05) is 26.8 Å². The lowest BCUT2D eigenvalue weighted by molar-refractivity contribution is 0.199. The van der Waals surface area contributed by atoms with Gasteiger partial charge in [-0.05, 0) is 20.3 Å². The molecule has 0 aliphatic heterocycles. The molecule has 0 bridgehead atoms. The second-order valence-electron chi connectivity index (χ2n) is 3.82. The molecule has 4 nitrogen and oxygen atoms in total. The smallest absolute Gasteiger partial charge is 0.156 e. The molecule has 1 N–H and O–H groups in total. The van der Waals surface area contributed by atoms with Gasteiger partial charge < -0.3 is 10.1 Å². The Morgan fingerprint density at radius 1 is 1.27 bits per heavy atom. The van der Waals surface area contributed by atoms with Gasteiger partial charge in [0, 0.05) is 20.2 Å². The van der Waals surface area contributed by atoms with Crippen LogP contribution in [-0.4, -0.2) is 45.7 Å². The molecule has 0 saturated heterocycles. The predicted molar refractivity (Wildman–Crippen MR) is 62.9 cm³/mol. The summed E-state index contributed by atoms with van der Waals surface area (Å²) < 4.78 is 28.6. The summed E-state index contributed by atoms with van der Waals surface area (Å²) in [4.78, 5) is 0. The molecular weight excluding hydrogens is 214 g/mol. The zero-order chi connectivity index (χ0) is 11.9. The predicted octanol–water partition coefficient (Wildman–Crippen LogP) is 0.824. The average Bonchev–Trinajstić information content (AvgIpc) is 2.22. The van der Waals surface area contributed by atoms with Gasteiger partial charge in [-0.3, -0.25) is 0 Å². The Morgan fingerprint density at radius 3 is 2.33 bits per heavy atom. The van der Waals surface area contributed by atoms with Crippen LogP contribution in [0.15, 0.2) is 0 Å². The lowest BCUT2D eigenvalue weighted by atomic mass is 10.4. The third-order valence-electron chi connectivity index (χ3n) is 2.61. The highest BCUT2D eigenvalue weighted by molar-refractivity contribution is 7.92. The molecule has 2 atom stereocenters. The van der Waals surface area contributed by atoms with E-state index in [1.165, 1.54) is 0 Å². The normalized spacial score (nSPS) is 16.3. The first-order valence-corrected chi connectivity index (χ1v) is 7.00. The Morgan fingerprint density at radius 2 is 1.87 bits per heavy atom. The SMILES string of the molecule is CCC(C)S(=O)(=O)C(C)CNCCOC. The molecule has 0 radical (unpaired) electrons. The summed E-state index contributed by atoms with van der Waals surface area (Å²) in [5.74, 6) is 0. The summed E-state index contributed by atoms with van der Waals surface area (Å²) in [6.07, 6.45) is 0.671. The fourth-order valence-corrected chi connectivity index (χ4v) is 2.83. The highest BCUT2D eigenvalue weighted by atomic mass is 32.2. The van der Waals surface area contributed by atoms with Gasteiger partial charge in [0.15, 0.2) is 9.84 Å². The van der Waals surface area contributed by atoms with Crippen molar-refractivity contribution in [1.82, 2.24) is 5.32 Å². The molecule has 0 fully saturated rings. The van der Waals surface area contributed by atoms with E-state index in [2.05, 4.69) is 5.32 Å².